The van der Waals surface area contributed by atoms with Gasteiger partial charge in [0.15, 0.2) is 0 Å². The van der Waals surface area contributed by atoms with Crippen LogP contribution in [0.5, 0.6) is 0 Å². The first-order valence-corrected chi connectivity index (χ1v) is 5.61. The summed E-state index contributed by atoms with van der Waals surface area (Å²) in [6.07, 6.45) is -0.0740. The van der Waals surface area contributed by atoms with Gasteiger partial charge in [-0.25, -0.2) is 4.79 Å². The summed E-state index contributed by atoms with van der Waals surface area (Å²) < 4.78 is 5.08. The van der Waals surface area contributed by atoms with Gasteiger partial charge in [-0.2, -0.15) is 0 Å². The van der Waals surface area contributed by atoms with Gasteiger partial charge in [0.2, 0.25) is 0 Å². The maximum Gasteiger partial charge on any atom is 0.338 e. The molecule has 0 spiro atoms. The van der Waals surface area contributed by atoms with E-state index in [-0.39, 0.29) is 12.1 Å². The molecule has 0 N–H and O–H groups in total. The van der Waals surface area contributed by atoms with E-state index in [0.717, 1.165) is 10.9 Å². The highest BCUT2D eigenvalue weighted by molar-refractivity contribution is 9.08. The highest BCUT2D eigenvalue weighted by atomic mass is 79.9. The first-order chi connectivity index (χ1) is 6.63. The molecule has 0 fully saturated rings. The van der Waals surface area contributed by atoms with E-state index < -0.39 is 0 Å². The van der Waals surface area contributed by atoms with Crippen LogP contribution in [0.2, 0.25) is 0 Å². The third kappa shape index (κ3) is 3.14. The fourth-order valence-electron chi connectivity index (χ4n) is 1.06. The quantitative estimate of drug-likeness (QED) is 0.614. The molecule has 0 bridgehead atoms. The largest absolute Gasteiger partial charge is 0.459 e. The summed E-state index contributed by atoms with van der Waals surface area (Å²) in [6, 6.07) is 7.41. The van der Waals surface area contributed by atoms with Crippen LogP contribution >= 0.6 is 15.9 Å². The summed E-state index contributed by atoms with van der Waals surface area (Å²) in [5.41, 5.74) is 1.68. The van der Waals surface area contributed by atoms with Crippen molar-refractivity contribution in [3.63, 3.8) is 0 Å². The Labute approximate surface area is 92.4 Å². The Bertz CT molecular complexity index is 321. The number of hydrogen-bond acceptors (Lipinski definition) is 2. The van der Waals surface area contributed by atoms with Gasteiger partial charge in [0.1, 0.15) is 0 Å². The Hall–Kier alpha value is -0.830. The number of halogens is 1. The number of alkyl halides is 1. The Balaban J connectivity index is 2.79. The molecule has 0 heterocycles. The minimum Gasteiger partial charge on any atom is -0.459 e. The summed E-state index contributed by atoms with van der Waals surface area (Å²) in [6.45, 7) is 3.68. The van der Waals surface area contributed by atoms with Crippen LogP contribution in [0.4, 0.5) is 0 Å². The molecule has 0 aliphatic rings. The summed E-state index contributed by atoms with van der Waals surface area (Å²) >= 11 is 3.34. The van der Waals surface area contributed by atoms with Gasteiger partial charge in [0, 0.05) is 5.33 Å². The SMILES string of the molecule is CC(C)OC(=O)c1cccc(CBr)c1. The molecule has 3 heteroatoms. The number of rotatable bonds is 3. The zero-order chi connectivity index (χ0) is 10.6. The standard InChI is InChI=1S/C11H13BrO2/c1-8(2)14-11(13)10-5-3-4-9(6-10)7-12/h3-6,8H,7H2,1-2H3. The Morgan fingerprint density at radius 2 is 2.21 bits per heavy atom. The molecule has 0 unspecified atom stereocenters. The molecule has 0 saturated heterocycles. The van der Waals surface area contributed by atoms with Crippen LogP contribution in [0, 0.1) is 0 Å². The van der Waals surface area contributed by atoms with Gasteiger partial charge < -0.3 is 4.74 Å². The molecule has 0 aliphatic carbocycles. The van der Waals surface area contributed by atoms with E-state index in [1.165, 1.54) is 0 Å². The predicted octanol–water partition coefficient (Wildman–Crippen LogP) is 3.15. The van der Waals surface area contributed by atoms with Gasteiger partial charge in [-0.05, 0) is 31.5 Å². The average molecular weight is 257 g/mol. The first-order valence-electron chi connectivity index (χ1n) is 4.49. The van der Waals surface area contributed by atoms with E-state index in [0.29, 0.717) is 5.56 Å². The fraction of sp³-hybridized carbons (Fsp3) is 0.364. The number of carbonyl (C=O) groups excluding carboxylic acids is 1. The van der Waals surface area contributed by atoms with Crippen molar-refractivity contribution < 1.29 is 9.53 Å². The summed E-state index contributed by atoms with van der Waals surface area (Å²) in [5, 5.41) is 0.746. The smallest absolute Gasteiger partial charge is 0.338 e. The van der Waals surface area contributed by atoms with Gasteiger partial charge in [-0.3, -0.25) is 0 Å². The van der Waals surface area contributed by atoms with E-state index in [1.807, 2.05) is 32.0 Å². The molecule has 0 radical (unpaired) electrons. The van der Waals surface area contributed by atoms with E-state index in [1.54, 1.807) is 6.07 Å². The zero-order valence-corrected chi connectivity index (χ0v) is 9.87. The van der Waals surface area contributed by atoms with Crippen molar-refractivity contribution in [3.8, 4) is 0 Å². The molecule has 76 valence electrons. The molecule has 0 atom stereocenters. The van der Waals surface area contributed by atoms with Gasteiger partial charge in [-0.1, -0.05) is 28.1 Å². The van der Waals surface area contributed by atoms with E-state index >= 15 is 0 Å². The van der Waals surface area contributed by atoms with Gasteiger partial charge in [-0.15, -0.1) is 0 Å². The molecular weight excluding hydrogens is 244 g/mol. The van der Waals surface area contributed by atoms with Crippen molar-refractivity contribution >= 4 is 21.9 Å². The lowest BCUT2D eigenvalue weighted by Gasteiger charge is -2.08. The van der Waals surface area contributed by atoms with Crippen LogP contribution in [0.1, 0.15) is 29.8 Å². The molecule has 0 saturated carbocycles. The van der Waals surface area contributed by atoms with Crippen molar-refractivity contribution in [2.45, 2.75) is 25.3 Å². The lowest BCUT2D eigenvalue weighted by Crippen LogP contribution is -2.11. The Kier molecular flexibility index (Phi) is 4.14. The number of esters is 1. The second-order valence-electron chi connectivity index (χ2n) is 3.29. The van der Waals surface area contributed by atoms with Crippen molar-refractivity contribution in [3.05, 3.63) is 35.4 Å². The Morgan fingerprint density at radius 1 is 1.50 bits per heavy atom. The van der Waals surface area contributed by atoms with E-state index in [2.05, 4.69) is 15.9 Å². The van der Waals surface area contributed by atoms with Crippen molar-refractivity contribution in [1.29, 1.82) is 0 Å². The monoisotopic (exact) mass is 256 g/mol. The normalized spacial score (nSPS) is 10.3. The summed E-state index contributed by atoms with van der Waals surface area (Å²) in [5.74, 6) is -0.261. The van der Waals surface area contributed by atoms with Crippen LogP contribution in [0.15, 0.2) is 24.3 Å². The summed E-state index contributed by atoms with van der Waals surface area (Å²) in [4.78, 5) is 11.5. The van der Waals surface area contributed by atoms with Crippen LogP contribution in [-0.2, 0) is 10.1 Å². The highest BCUT2D eigenvalue weighted by Crippen LogP contribution is 2.10. The van der Waals surface area contributed by atoms with Crippen molar-refractivity contribution in [2.75, 3.05) is 0 Å². The number of ether oxygens (including phenoxy) is 1. The minimum atomic E-state index is -0.261. The molecule has 2 nitrogen and oxygen atoms in total. The zero-order valence-electron chi connectivity index (χ0n) is 8.29. The highest BCUT2D eigenvalue weighted by Gasteiger charge is 2.08. The predicted molar refractivity (Wildman–Crippen MR) is 59.6 cm³/mol. The molecule has 1 aromatic rings. The number of benzene rings is 1. The molecule has 1 rings (SSSR count). The first kappa shape index (κ1) is 11.2. The molecular formula is C11H13BrO2. The number of carbonyl (C=O) groups is 1. The van der Waals surface area contributed by atoms with Gasteiger partial charge in [0.05, 0.1) is 11.7 Å². The summed E-state index contributed by atoms with van der Waals surface area (Å²) in [7, 11) is 0. The third-order valence-corrected chi connectivity index (χ3v) is 2.31. The molecule has 0 aromatic heterocycles. The third-order valence-electron chi connectivity index (χ3n) is 1.66. The van der Waals surface area contributed by atoms with E-state index in [9.17, 15) is 4.79 Å². The molecule has 1 aromatic carbocycles. The second kappa shape index (κ2) is 5.15. The van der Waals surface area contributed by atoms with E-state index in [4.69, 9.17) is 4.74 Å². The van der Waals surface area contributed by atoms with Gasteiger partial charge >= 0.3 is 5.97 Å². The Morgan fingerprint density at radius 3 is 2.79 bits per heavy atom. The van der Waals surface area contributed by atoms with Crippen LogP contribution in [0.25, 0.3) is 0 Å². The molecule has 0 amide bonds. The maximum atomic E-state index is 11.5. The molecule has 14 heavy (non-hydrogen) atoms. The van der Waals surface area contributed by atoms with Crippen LogP contribution in [-0.4, -0.2) is 12.1 Å². The maximum absolute atomic E-state index is 11.5. The lowest BCUT2D eigenvalue weighted by atomic mass is 10.1. The molecule has 0 aliphatic heterocycles. The fourth-order valence-corrected chi connectivity index (χ4v) is 1.41. The van der Waals surface area contributed by atoms with Crippen molar-refractivity contribution in [2.24, 2.45) is 0 Å². The average Bonchev–Trinajstić information content (AvgIpc) is 2.17. The topological polar surface area (TPSA) is 26.3 Å². The van der Waals surface area contributed by atoms with Gasteiger partial charge in [0.25, 0.3) is 0 Å². The lowest BCUT2D eigenvalue weighted by molar-refractivity contribution is 0.0378. The minimum absolute atomic E-state index is 0.0740. The number of hydrogen-bond donors (Lipinski definition) is 0. The van der Waals surface area contributed by atoms with Crippen LogP contribution < -0.4 is 0 Å². The van der Waals surface area contributed by atoms with Crippen molar-refractivity contribution in [1.82, 2.24) is 0 Å². The van der Waals surface area contributed by atoms with Crippen LogP contribution in [0.3, 0.4) is 0 Å². The second-order valence-corrected chi connectivity index (χ2v) is 3.85.